The van der Waals surface area contributed by atoms with Gasteiger partial charge in [-0.2, -0.15) is 0 Å². The van der Waals surface area contributed by atoms with E-state index >= 15 is 0 Å². The van der Waals surface area contributed by atoms with E-state index in [1.807, 2.05) is 36.4 Å². The van der Waals surface area contributed by atoms with Gasteiger partial charge in [-0.05, 0) is 106 Å². The van der Waals surface area contributed by atoms with Crippen molar-refractivity contribution in [3.05, 3.63) is 235 Å². The van der Waals surface area contributed by atoms with Crippen LogP contribution in [0.1, 0.15) is 61.6 Å². The lowest BCUT2D eigenvalue weighted by Crippen LogP contribution is -2.65. The Morgan fingerprint density at radius 2 is 0.719 bits per heavy atom. The van der Waals surface area contributed by atoms with E-state index in [1.54, 1.807) is 0 Å². The molecular formula is C61H51N3. The van der Waals surface area contributed by atoms with Gasteiger partial charge in [0.25, 0.3) is 0 Å². The maximum atomic E-state index is 5.10. The van der Waals surface area contributed by atoms with Gasteiger partial charge in [0.05, 0.1) is 0 Å². The highest BCUT2D eigenvalue weighted by molar-refractivity contribution is 5.68. The Balaban J connectivity index is 0.974. The zero-order valence-corrected chi connectivity index (χ0v) is 36.2. The van der Waals surface area contributed by atoms with Gasteiger partial charge in [0, 0.05) is 22.1 Å². The molecule has 13 rings (SSSR count). The Morgan fingerprint density at radius 3 is 1.14 bits per heavy atom. The normalized spacial score (nSPS) is 25.3. The van der Waals surface area contributed by atoms with Gasteiger partial charge in [-0.15, -0.1) is 0 Å². The van der Waals surface area contributed by atoms with E-state index in [0.717, 1.165) is 23.1 Å². The number of hydrogen-bond acceptors (Lipinski definition) is 3. The molecule has 3 unspecified atom stereocenters. The molecule has 3 nitrogen and oxygen atoms in total. The molecule has 3 heteroatoms. The van der Waals surface area contributed by atoms with Gasteiger partial charge in [-0.1, -0.05) is 218 Å². The zero-order valence-electron chi connectivity index (χ0n) is 36.2. The lowest BCUT2D eigenvalue weighted by Gasteiger charge is -2.71. The number of benzene rings is 7. The van der Waals surface area contributed by atoms with Crippen LogP contribution in [-0.4, -0.2) is 15.0 Å². The molecule has 5 aliphatic rings. The molecule has 3 atom stereocenters. The first-order chi connectivity index (χ1) is 31.5. The van der Waals surface area contributed by atoms with E-state index in [9.17, 15) is 0 Å². The molecule has 4 fully saturated rings. The molecule has 4 bridgehead atoms. The molecule has 0 radical (unpaired) electrons. The lowest BCUT2D eigenvalue weighted by molar-refractivity contribution is -0.120. The molecule has 7 aromatic carbocycles. The number of allylic oxidation sites excluding steroid dienone is 4. The van der Waals surface area contributed by atoms with Crippen molar-refractivity contribution in [3.63, 3.8) is 0 Å². The average Bonchev–Trinajstić information content (AvgIpc) is 3.37. The summed E-state index contributed by atoms with van der Waals surface area (Å²) in [5.74, 6) is 2.69. The quantitative estimate of drug-likeness (QED) is 0.146. The summed E-state index contributed by atoms with van der Waals surface area (Å²) in [6.07, 6.45) is 18.0. The number of hydrogen-bond donors (Lipinski definition) is 0. The van der Waals surface area contributed by atoms with Gasteiger partial charge >= 0.3 is 0 Å². The number of rotatable bonds is 9. The topological polar surface area (TPSA) is 38.7 Å². The van der Waals surface area contributed by atoms with E-state index in [4.69, 9.17) is 15.0 Å². The molecule has 0 spiro atoms. The molecule has 0 aliphatic heterocycles. The van der Waals surface area contributed by atoms with Crippen LogP contribution in [0.4, 0.5) is 0 Å². The molecule has 5 aliphatic carbocycles. The SMILES string of the molecule is C1=CCC(c2ccc(-c3nc(-c4ccccc4)nc(-c4ccccc4)n3)cc2)(C23CC4CC(c5ccc(-c6ccccc6)cc5)(CC(c5ccc(-c6ccccc6)cc5)(C4)C2)C3)C=C1. The maximum Gasteiger partial charge on any atom is 0.164 e. The average molecular weight is 826 g/mol. The van der Waals surface area contributed by atoms with Crippen LogP contribution in [0.5, 0.6) is 0 Å². The summed E-state index contributed by atoms with van der Waals surface area (Å²) in [6, 6.07) is 71.1. The fraction of sp³-hybridized carbons (Fsp3) is 0.197. The van der Waals surface area contributed by atoms with Gasteiger partial charge in [0.1, 0.15) is 0 Å². The van der Waals surface area contributed by atoms with Gasteiger partial charge in [0.15, 0.2) is 17.5 Å². The van der Waals surface area contributed by atoms with Gasteiger partial charge in [-0.3, -0.25) is 0 Å². The monoisotopic (exact) mass is 825 g/mol. The minimum Gasteiger partial charge on any atom is -0.208 e. The van der Waals surface area contributed by atoms with E-state index in [1.165, 1.54) is 77.5 Å². The highest BCUT2D eigenvalue weighted by Gasteiger charge is 2.68. The molecule has 0 N–H and O–H groups in total. The molecule has 4 saturated carbocycles. The Bertz CT molecular complexity index is 2840. The van der Waals surface area contributed by atoms with Crippen LogP contribution in [0, 0.1) is 11.3 Å². The van der Waals surface area contributed by atoms with Gasteiger partial charge in [-0.25, -0.2) is 15.0 Å². The summed E-state index contributed by atoms with van der Waals surface area (Å²) in [7, 11) is 0. The number of nitrogens with zero attached hydrogens (tertiary/aromatic N) is 3. The summed E-state index contributed by atoms with van der Waals surface area (Å²) in [6.45, 7) is 0. The zero-order chi connectivity index (χ0) is 42.6. The molecule has 64 heavy (non-hydrogen) atoms. The largest absolute Gasteiger partial charge is 0.208 e. The Morgan fingerprint density at radius 1 is 0.344 bits per heavy atom. The third-order valence-electron chi connectivity index (χ3n) is 15.6. The Hall–Kier alpha value is -6.97. The molecule has 0 saturated heterocycles. The van der Waals surface area contributed by atoms with Crippen LogP contribution in [0.25, 0.3) is 56.4 Å². The summed E-state index contributed by atoms with van der Waals surface area (Å²) in [5, 5.41) is 0. The molecule has 1 heterocycles. The lowest BCUT2D eigenvalue weighted by atomic mass is 9.32. The van der Waals surface area contributed by atoms with Gasteiger partial charge < -0.3 is 0 Å². The van der Waals surface area contributed by atoms with Crippen LogP contribution in [-0.2, 0) is 16.2 Å². The summed E-state index contributed by atoms with van der Waals surface area (Å²) in [4.78, 5) is 15.2. The first kappa shape index (κ1) is 38.7. The Labute approximate surface area is 377 Å². The fourth-order valence-corrected chi connectivity index (χ4v) is 13.3. The second kappa shape index (κ2) is 15.4. The Kier molecular flexibility index (Phi) is 9.30. The second-order valence-corrected chi connectivity index (χ2v) is 19.3. The molecular weight excluding hydrogens is 775 g/mol. The number of aromatic nitrogens is 3. The third kappa shape index (κ3) is 6.51. The van der Waals surface area contributed by atoms with Crippen molar-refractivity contribution in [2.24, 2.45) is 11.3 Å². The standard InChI is InChI=1S/C61H51N3/c1-6-16-45(17-7-1)47-24-30-52(31-25-47)58-38-44-39-59(41-58,53-32-26-48(27-33-53)46-18-8-2-9-19-46)43-60(40-44,42-58)61(36-14-5-15-37-61)54-34-28-51(29-35-54)57-63-55(49-20-10-3-11-21-49)62-56(64-57)50-22-12-4-13-23-50/h1-36,44H,37-43H2. The smallest absolute Gasteiger partial charge is 0.164 e. The third-order valence-corrected chi connectivity index (χ3v) is 15.6. The van der Waals surface area contributed by atoms with Crippen molar-refractivity contribution in [1.29, 1.82) is 0 Å². The molecule has 310 valence electrons. The van der Waals surface area contributed by atoms with Crippen LogP contribution < -0.4 is 0 Å². The second-order valence-electron chi connectivity index (χ2n) is 19.3. The van der Waals surface area contributed by atoms with Crippen molar-refractivity contribution in [3.8, 4) is 56.4 Å². The first-order valence-electron chi connectivity index (χ1n) is 23.2. The first-order valence-corrected chi connectivity index (χ1v) is 23.2. The van der Waals surface area contributed by atoms with Gasteiger partial charge in [0.2, 0.25) is 0 Å². The minimum absolute atomic E-state index is 0.0412. The van der Waals surface area contributed by atoms with E-state index < -0.39 is 0 Å². The minimum atomic E-state index is -0.173. The van der Waals surface area contributed by atoms with Crippen molar-refractivity contribution >= 4 is 0 Å². The molecule has 1 aromatic heterocycles. The van der Waals surface area contributed by atoms with E-state index in [2.05, 4.69) is 182 Å². The summed E-state index contributed by atoms with van der Waals surface area (Å²) in [5.41, 5.74) is 12.5. The van der Waals surface area contributed by atoms with Crippen molar-refractivity contribution < 1.29 is 0 Å². The van der Waals surface area contributed by atoms with Crippen LogP contribution in [0.3, 0.4) is 0 Å². The maximum absolute atomic E-state index is 5.10. The van der Waals surface area contributed by atoms with Crippen LogP contribution in [0.15, 0.2) is 218 Å². The highest BCUT2D eigenvalue weighted by atomic mass is 15.0. The predicted octanol–water partition coefficient (Wildman–Crippen LogP) is 14.8. The molecule has 0 amide bonds. The summed E-state index contributed by atoms with van der Waals surface area (Å²) >= 11 is 0. The van der Waals surface area contributed by atoms with E-state index in [0.29, 0.717) is 23.4 Å². The van der Waals surface area contributed by atoms with E-state index in [-0.39, 0.29) is 21.7 Å². The fourth-order valence-electron chi connectivity index (χ4n) is 13.3. The van der Waals surface area contributed by atoms with Crippen LogP contribution >= 0.6 is 0 Å². The highest BCUT2D eigenvalue weighted by Crippen LogP contribution is 2.75. The van der Waals surface area contributed by atoms with Crippen molar-refractivity contribution in [2.75, 3.05) is 0 Å². The van der Waals surface area contributed by atoms with Crippen molar-refractivity contribution in [1.82, 2.24) is 15.0 Å². The van der Waals surface area contributed by atoms with Crippen molar-refractivity contribution in [2.45, 2.75) is 61.2 Å². The summed E-state index contributed by atoms with van der Waals surface area (Å²) < 4.78 is 0. The molecule has 8 aromatic rings. The van der Waals surface area contributed by atoms with Crippen LogP contribution in [0.2, 0.25) is 0 Å². The predicted molar refractivity (Wildman–Crippen MR) is 261 cm³/mol.